The van der Waals surface area contributed by atoms with E-state index in [1.165, 1.54) is 5.69 Å². The van der Waals surface area contributed by atoms with E-state index in [2.05, 4.69) is 23.1 Å². The van der Waals surface area contributed by atoms with Crippen LogP contribution in [0.15, 0.2) is 91.0 Å². The maximum atomic E-state index is 6.33. The Kier molecular flexibility index (Phi) is 7.94. The molecular formula is C35H36N4O4. The minimum Gasteiger partial charge on any atom is -0.473 e. The molecule has 0 aliphatic carbocycles. The average molecular weight is 577 g/mol. The lowest BCUT2D eigenvalue weighted by atomic mass is 9.95. The molecule has 0 radical (unpaired) electrons. The van der Waals surface area contributed by atoms with Crippen LogP contribution >= 0.6 is 0 Å². The number of aryl methyl sites for hydroxylation is 1. The molecule has 0 N–H and O–H groups in total. The van der Waals surface area contributed by atoms with Crippen molar-refractivity contribution < 1.29 is 18.9 Å². The van der Waals surface area contributed by atoms with Gasteiger partial charge in [0, 0.05) is 43.2 Å². The van der Waals surface area contributed by atoms with Crippen molar-refractivity contribution in [3.05, 3.63) is 102 Å². The number of pyridine rings is 1. The topological polar surface area (TPSA) is 70.9 Å². The minimum atomic E-state index is -0.0358. The first-order valence-electron chi connectivity index (χ1n) is 15.0. The third-order valence-electron chi connectivity index (χ3n) is 8.31. The summed E-state index contributed by atoms with van der Waals surface area (Å²) in [6, 6.07) is 30.7. The Balaban J connectivity index is 1.15. The van der Waals surface area contributed by atoms with Gasteiger partial charge < -0.3 is 23.8 Å². The molecule has 2 aliphatic heterocycles. The van der Waals surface area contributed by atoms with E-state index in [1.54, 1.807) is 0 Å². The van der Waals surface area contributed by atoms with Crippen molar-refractivity contribution in [2.24, 2.45) is 13.0 Å². The van der Waals surface area contributed by atoms with E-state index in [1.807, 2.05) is 84.5 Å². The molecule has 2 aromatic heterocycles. The number of rotatable bonds is 9. The molecule has 8 heteroatoms. The van der Waals surface area contributed by atoms with Gasteiger partial charge in [-0.3, -0.25) is 4.68 Å². The lowest BCUT2D eigenvalue weighted by molar-refractivity contribution is -0.0889. The van der Waals surface area contributed by atoms with Crippen molar-refractivity contribution in [2.75, 3.05) is 31.2 Å². The average Bonchev–Trinajstić information content (AvgIpc) is 3.72. The summed E-state index contributed by atoms with van der Waals surface area (Å²) in [6.07, 6.45) is 2.09. The van der Waals surface area contributed by atoms with Gasteiger partial charge in [-0.15, -0.1) is 0 Å². The molecule has 0 bridgehead atoms. The highest BCUT2D eigenvalue weighted by atomic mass is 16.7. The summed E-state index contributed by atoms with van der Waals surface area (Å²) < 4.78 is 25.9. The Morgan fingerprint density at radius 2 is 1.47 bits per heavy atom. The van der Waals surface area contributed by atoms with Crippen LogP contribution in [0.2, 0.25) is 0 Å². The SMILES string of the molecule is Cn1nc(-c2ccc(OCc3ccccc3)nc2OCc2ccccc2)c2ccc(N3CCC(C4OCCO4)CC3)cc21. The summed E-state index contributed by atoms with van der Waals surface area (Å²) in [5.74, 6) is 1.47. The first-order chi connectivity index (χ1) is 21.2. The van der Waals surface area contributed by atoms with Crippen molar-refractivity contribution in [3.63, 3.8) is 0 Å². The van der Waals surface area contributed by atoms with E-state index >= 15 is 0 Å². The summed E-state index contributed by atoms with van der Waals surface area (Å²) >= 11 is 0. The molecule has 8 nitrogen and oxygen atoms in total. The molecule has 220 valence electrons. The Morgan fingerprint density at radius 1 is 0.791 bits per heavy atom. The van der Waals surface area contributed by atoms with Gasteiger partial charge >= 0.3 is 0 Å². The Hall–Kier alpha value is -4.40. The van der Waals surface area contributed by atoms with Crippen molar-refractivity contribution in [1.82, 2.24) is 14.8 Å². The fourth-order valence-corrected chi connectivity index (χ4v) is 5.97. The molecule has 0 spiro atoms. The monoisotopic (exact) mass is 576 g/mol. The second-order valence-electron chi connectivity index (χ2n) is 11.2. The Bertz CT molecular complexity index is 1660. The van der Waals surface area contributed by atoms with Crippen molar-refractivity contribution in [3.8, 4) is 23.0 Å². The normalized spacial score (nSPS) is 16.2. The summed E-state index contributed by atoms with van der Waals surface area (Å²) in [4.78, 5) is 7.25. The maximum absolute atomic E-state index is 6.33. The van der Waals surface area contributed by atoms with Crippen molar-refractivity contribution in [1.29, 1.82) is 0 Å². The zero-order valence-electron chi connectivity index (χ0n) is 24.4. The quantitative estimate of drug-likeness (QED) is 0.202. The first kappa shape index (κ1) is 27.4. The lowest BCUT2D eigenvalue weighted by Gasteiger charge is -2.35. The molecule has 0 amide bonds. The fraction of sp³-hybridized carbons (Fsp3) is 0.314. The molecule has 5 aromatic rings. The van der Waals surface area contributed by atoms with Crippen LogP contribution in [0.3, 0.4) is 0 Å². The molecule has 2 aliphatic rings. The van der Waals surface area contributed by atoms with Crippen molar-refractivity contribution in [2.45, 2.75) is 32.3 Å². The van der Waals surface area contributed by atoms with Crippen LogP contribution in [0.25, 0.3) is 22.2 Å². The van der Waals surface area contributed by atoms with Crippen LogP contribution in [0, 0.1) is 5.92 Å². The number of nitrogens with zero attached hydrogens (tertiary/aromatic N) is 4. The summed E-state index contributed by atoms with van der Waals surface area (Å²) in [6.45, 7) is 4.21. The largest absolute Gasteiger partial charge is 0.473 e. The van der Waals surface area contributed by atoms with Gasteiger partial charge in [-0.05, 0) is 48.2 Å². The van der Waals surface area contributed by atoms with Crippen LogP contribution < -0.4 is 14.4 Å². The number of hydrogen-bond donors (Lipinski definition) is 0. The third kappa shape index (κ3) is 6.07. The number of hydrogen-bond acceptors (Lipinski definition) is 7. The molecule has 7 rings (SSSR count). The molecule has 0 saturated carbocycles. The van der Waals surface area contributed by atoms with E-state index in [-0.39, 0.29) is 6.29 Å². The van der Waals surface area contributed by atoms with Gasteiger partial charge in [0.15, 0.2) is 6.29 Å². The van der Waals surface area contributed by atoms with E-state index in [4.69, 9.17) is 29.0 Å². The first-order valence-corrected chi connectivity index (χ1v) is 15.0. The maximum Gasteiger partial charge on any atom is 0.226 e. The van der Waals surface area contributed by atoms with Gasteiger partial charge in [-0.2, -0.15) is 10.1 Å². The van der Waals surface area contributed by atoms with Crippen LogP contribution in [0.5, 0.6) is 11.8 Å². The molecule has 0 atom stereocenters. The Labute approximate surface area is 251 Å². The second-order valence-corrected chi connectivity index (χ2v) is 11.2. The van der Waals surface area contributed by atoms with Crippen LogP contribution in [0.4, 0.5) is 5.69 Å². The number of ether oxygens (including phenoxy) is 4. The highest BCUT2D eigenvalue weighted by Gasteiger charge is 2.30. The predicted octanol–water partition coefficient (Wildman–Crippen LogP) is 6.38. The molecule has 2 fully saturated rings. The van der Waals surface area contributed by atoms with Gasteiger partial charge in [0.25, 0.3) is 0 Å². The smallest absolute Gasteiger partial charge is 0.226 e. The molecule has 3 aromatic carbocycles. The standard InChI is InChI=1S/C35H36N4O4/c1-38-31-22-28(39-18-16-27(17-19-39)35-40-20-21-41-35)12-13-29(31)33(37-38)30-14-15-32(42-23-25-8-4-2-5-9-25)36-34(30)43-24-26-10-6-3-7-11-26/h2-15,22,27,35H,16-21,23-24H2,1H3. The van der Waals surface area contributed by atoms with Gasteiger partial charge in [-0.25, -0.2) is 0 Å². The number of piperidine rings is 1. The third-order valence-corrected chi connectivity index (χ3v) is 8.31. The van der Waals surface area contributed by atoms with Gasteiger partial charge in [0.05, 0.1) is 24.3 Å². The number of fused-ring (bicyclic) bond motifs is 1. The molecule has 4 heterocycles. The second kappa shape index (κ2) is 12.5. The summed E-state index contributed by atoms with van der Waals surface area (Å²) in [7, 11) is 1.99. The number of benzene rings is 3. The van der Waals surface area contributed by atoms with E-state index in [9.17, 15) is 0 Å². The summed E-state index contributed by atoms with van der Waals surface area (Å²) in [5.41, 5.74) is 6.09. The van der Waals surface area contributed by atoms with E-state index < -0.39 is 0 Å². The van der Waals surface area contributed by atoms with Gasteiger partial charge in [-0.1, -0.05) is 60.7 Å². The molecule has 43 heavy (non-hydrogen) atoms. The fourth-order valence-electron chi connectivity index (χ4n) is 5.97. The molecule has 2 saturated heterocycles. The minimum absolute atomic E-state index is 0.0358. The zero-order chi connectivity index (χ0) is 29.0. The summed E-state index contributed by atoms with van der Waals surface area (Å²) in [5, 5.41) is 6.01. The van der Waals surface area contributed by atoms with Gasteiger partial charge in [0.2, 0.25) is 11.8 Å². The van der Waals surface area contributed by atoms with E-state index in [0.29, 0.717) is 44.1 Å². The van der Waals surface area contributed by atoms with Crippen LogP contribution in [0.1, 0.15) is 24.0 Å². The highest BCUT2D eigenvalue weighted by Crippen LogP contribution is 2.37. The van der Waals surface area contributed by atoms with E-state index in [0.717, 1.165) is 59.2 Å². The number of aromatic nitrogens is 3. The van der Waals surface area contributed by atoms with Crippen LogP contribution in [-0.2, 0) is 29.7 Å². The molecule has 0 unspecified atom stereocenters. The van der Waals surface area contributed by atoms with Gasteiger partial charge in [0.1, 0.15) is 18.9 Å². The highest BCUT2D eigenvalue weighted by molar-refractivity contribution is 5.96. The van der Waals surface area contributed by atoms with Crippen LogP contribution in [-0.4, -0.2) is 47.4 Å². The zero-order valence-corrected chi connectivity index (χ0v) is 24.4. The lowest BCUT2D eigenvalue weighted by Crippen LogP contribution is -2.38. The molecular weight excluding hydrogens is 540 g/mol. The Morgan fingerprint density at radius 3 is 2.16 bits per heavy atom. The predicted molar refractivity (Wildman–Crippen MR) is 166 cm³/mol. The van der Waals surface area contributed by atoms with Crippen molar-refractivity contribution >= 4 is 16.6 Å². The number of anilines is 1.